The van der Waals surface area contributed by atoms with Gasteiger partial charge in [0, 0.05) is 30.7 Å². The molecule has 1 atom stereocenters. The SMILES string of the molecule is Cc1ccc(NC(=O)N2CCn3cccc3[C@@H]2c2ccccc2C)cc1. The van der Waals surface area contributed by atoms with Gasteiger partial charge in [0.25, 0.3) is 0 Å². The number of fused-ring (bicyclic) bond motifs is 1. The Morgan fingerprint density at radius 1 is 0.962 bits per heavy atom. The number of anilines is 1. The minimum atomic E-state index is -0.0783. The van der Waals surface area contributed by atoms with Crippen LogP contribution in [0, 0.1) is 13.8 Å². The number of amides is 2. The number of hydrogen-bond donors (Lipinski definition) is 1. The molecule has 0 bridgehead atoms. The monoisotopic (exact) mass is 345 g/mol. The maximum Gasteiger partial charge on any atom is 0.322 e. The van der Waals surface area contributed by atoms with Gasteiger partial charge in [-0.2, -0.15) is 0 Å². The Morgan fingerprint density at radius 2 is 1.73 bits per heavy atom. The molecule has 2 heterocycles. The second-order valence-electron chi connectivity index (χ2n) is 6.88. The summed E-state index contributed by atoms with van der Waals surface area (Å²) in [5, 5.41) is 3.06. The molecule has 1 aliphatic heterocycles. The highest BCUT2D eigenvalue weighted by molar-refractivity contribution is 5.90. The van der Waals surface area contributed by atoms with Crippen molar-refractivity contribution < 1.29 is 4.79 Å². The standard InChI is InChI=1S/C22H23N3O/c1-16-9-11-18(12-10-16)23-22(26)25-15-14-24-13-5-8-20(24)21(25)19-7-4-3-6-17(19)2/h3-13,21H,14-15H2,1-2H3,(H,23,26)/t21-/m0/s1. The molecule has 4 rings (SSSR count). The fourth-order valence-electron chi connectivity index (χ4n) is 3.66. The summed E-state index contributed by atoms with van der Waals surface area (Å²) < 4.78 is 2.24. The number of hydrogen-bond acceptors (Lipinski definition) is 1. The summed E-state index contributed by atoms with van der Waals surface area (Å²) in [6.07, 6.45) is 2.09. The van der Waals surface area contributed by atoms with E-state index in [-0.39, 0.29) is 12.1 Å². The van der Waals surface area contributed by atoms with E-state index in [0.717, 1.165) is 17.9 Å². The van der Waals surface area contributed by atoms with E-state index in [4.69, 9.17) is 0 Å². The summed E-state index contributed by atoms with van der Waals surface area (Å²) in [7, 11) is 0. The van der Waals surface area contributed by atoms with Gasteiger partial charge in [0.2, 0.25) is 0 Å². The van der Waals surface area contributed by atoms with Crippen molar-refractivity contribution in [2.75, 3.05) is 11.9 Å². The Labute approximate surface area is 154 Å². The first-order valence-electron chi connectivity index (χ1n) is 8.98. The Balaban J connectivity index is 1.69. The predicted octanol–water partition coefficient (Wildman–Crippen LogP) is 4.74. The van der Waals surface area contributed by atoms with Crippen LogP contribution in [0.15, 0.2) is 66.9 Å². The highest BCUT2D eigenvalue weighted by Crippen LogP contribution is 2.34. The van der Waals surface area contributed by atoms with E-state index in [0.29, 0.717) is 6.54 Å². The van der Waals surface area contributed by atoms with Crippen molar-refractivity contribution in [1.29, 1.82) is 0 Å². The Hall–Kier alpha value is -3.01. The molecule has 0 unspecified atom stereocenters. The van der Waals surface area contributed by atoms with Crippen LogP contribution >= 0.6 is 0 Å². The quantitative estimate of drug-likeness (QED) is 0.715. The first-order chi connectivity index (χ1) is 12.6. The van der Waals surface area contributed by atoms with Crippen molar-refractivity contribution in [2.24, 2.45) is 0 Å². The van der Waals surface area contributed by atoms with Crippen molar-refractivity contribution in [2.45, 2.75) is 26.4 Å². The van der Waals surface area contributed by atoms with Crippen LogP contribution in [0.5, 0.6) is 0 Å². The topological polar surface area (TPSA) is 37.3 Å². The lowest BCUT2D eigenvalue weighted by Crippen LogP contribution is -2.44. The van der Waals surface area contributed by atoms with Gasteiger partial charge in [-0.1, -0.05) is 42.0 Å². The van der Waals surface area contributed by atoms with Crippen LogP contribution in [0.1, 0.15) is 28.4 Å². The molecule has 0 saturated carbocycles. The molecule has 132 valence electrons. The zero-order chi connectivity index (χ0) is 18.1. The lowest BCUT2D eigenvalue weighted by Gasteiger charge is -2.38. The number of aromatic nitrogens is 1. The highest BCUT2D eigenvalue weighted by Gasteiger charge is 2.32. The van der Waals surface area contributed by atoms with Crippen LogP contribution in [0.4, 0.5) is 10.5 Å². The summed E-state index contributed by atoms with van der Waals surface area (Å²) in [5.41, 5.74) is 5.53. The zero-order valence-corrected chi connectivity index (χ0v) is 15.1. The van der Waals surface area contributed by atoms with Crippen molar-refractivity contribution in [3.8, 4) is 0 Å². The summed E-state index contributed by atoms with van der Waals surface area (Å²) in [6, 6.07) is 20.3. The fraction of sp³-hybridized carbons (Fsp3) is 0.227. The number of carbonyl (C=O) groups is 1. The zero-order valence-electron chi connectivity index (χ0n) is 15.1. The number of urea groups is 1. The molecular formula is C22H23N3O. The average Bonchev–Trinajstić information content (AvgIpc) is 3.12. The third-order valence-electron chi connectivity index (χ3n) is 5.09. The number of benzene rings is 2. The van der Waals surface area contributed by atoms with Gasteiger partial charge in [-0.25, -0.2) is 4.79 Å². The first kappa shape index (κ1) is 16.5. The highest BCUT2D eigenvalue weighted by atomic mass is 16.2. The molecule has 0 fully saturated rings. The van der Waals surface area contributed by atoms with Gasteiger partial charge < -0.3 is 14.8 Å². The van der Waals surface area contributed by atoms with E-state index in [9.17, 15) is 4.79 Å². The minimum Gasteiger partial charge on any atom is -0.348 e. The van der Waals surface area contributed by atoms with Gasteiger partial charge in [0.05, 0.1) is 6.04 Å². The van der Waals surface area contributed by atoms with Gasteiger partial charge in [0.1, 0.15) is 0 Å². The van der Waals surface area contributed by atoms with Crippen LogP contribution in [0.2, 0.25) is 0 Å². The van der Waals surface area contributed by atoms with E-state index in [1.54, 1.807) is 0 Å². The molecule has 0 saturated heterocycles. The molecule has 1 aliphatic rings. The summed E-state index contributed by atoms with van der Waals surface area (Å²) in [4.78, 5) is 15.0. The van der Waals surface area contributed by atoms with Gasteiger partial charge in [-0.15, -0.1) is 0 Å². The molecule has 1 aromatic heterocycles. The van der Waals surface area contributed by atoms with Crippen LogP contribution in [0.25, 0.3) is 0 Å². The van der Waals surface area contributed by atoms with Crippen molar-refractivity contribution in [3.05, 3.63) is 89.2 Å². The van der Waals surface area contributed by atoms with Crippen LogP contribution < -0.4 is 5.32 Å². The van der Waals surface area contributed by atoms with Crippen LogP contribution in [-0.2, 0) is 6.54 Å². The molecule has 3 aromatic rings. The predicted molar refractivity (Wildman–Crippen MR) is 104 cm³/mol. The van der Waals surface area contributed by atoms with Crippen molar-refractivity contribution in [1.82, 2.24) is 9.47 Å². The van der Waals surface area contributed by atoms with E-state index >= 15 is 0 Å². The number of nitrogens with one attached hydrogen (secondary N) is 1. The summed E-state index contributed by atoms with van der Waals surface area (Å²) in [6.45, 7) is 5.64. The number of carbonyl (C=O) groups excluding carboxylic acids is 1. The van der Waals surface area contributed by atoms with Crippen LogP contribution in [-0.4, -0.2) is 22.0 Å². The van der Waals surface area contributed by atoms with Gasteiger partial charge >= 0.3 is 6.03 Å². The van der Waals surface area contributed by atoms with E-state index in [2.05, 4.69) is 47.3 Å². The molecule has 0 spiro atoms. The van der Waals surface area contributed by atoms with E-state index < -0.39 is 0 Å². The van der Waals surface area contributed by atoms with Crippen molar-refractivity contribution in [3.63, 3.8) is 0 Å². The number of rotatable bonds is 2. The molecule has 4 heteroatoms. The largest absolute Gasteiger partial charge is 0.348 e. The average molecular weight is 345 g/mol. The molecule has 1 N–H and O–H groups in total. The molecule has 2 amide bonds. The van der Waals surface area contributed by atoms with E-state index in [1.165, 1.54) is 16.7 Å². The van der Waals surface area contributed by atoms with Crippen molar-refractivity contribution >= 4 is 11.7 Å². The van der Waals surface area contributed by atoms with Gasteiger partial charge in [0.15, 0.2) is 0 Å². The van der Waals surface area contributed by atoms with Gasteiger partial charge in [-0.3, -0.25) is 0 Å². The molecule has 4 nitrogen and oxygen atoms in total. The molecule has 0 radical (unpaired) electrons. The Bertz CT molecular complexity index is 927. The second kappa shape index (κ2) is 6.71. The van der Waals surface area contributed by atoms with E-state index in [1.807, 2.05) is 48.2 Å². The molecule has 0 aliphatic carbocycles. The summed E-state index contributed by atoms with van der Waals surface area (Å²) in [5.74, 6) is 0. The Morgan fingerprint density at radius 3 is 2.50 bits per heavy atom. The third-order valence-corrected chi connectivity index (χ3v) is 5.09. The first-order valence-corrected chi connectivity index (χ1v) is 8.98. The number of nitrogens with zero attached hydrogens (tertiary/aromatic N) is 2. The smallest absolute Gasteiger partial charge is 0.322 e. The van der Waals surface area contributed by atoms with Gasteiger partial charge in [-0.05, 0) is 49.2 Å². The molecular weight excluding hydrogens is 322 g/mol. The second-order valence-corrected chi connectivity index (χ2v) is 6.88. The molecule has 26 heavy (non-hydrogen) atoms. The molecule has 2 aromatic carbocycles. The number of aryl methyl sites for hydroxylation is 2. The fourth-order valence-corrected chi connectivity index (χ4v) is 3.66. The maximum atomic E-state index is 13.1. The Kier molecular flexibility index (Phi) is 4.25. The van der Waals surface area contributed by atoms with Crippen LogP contribution in [0.3, 0.4) is 0 Å². The lowest BCUT2D eigenvalue weighted by atomic mass is 9.96. The normalized spacial score (nSPS) is 16.2. The minimum absolute atomic E-state index is 0.0606. The maximum absolute atomic E-state index is 13.1. The third kappa shape index (κ3) is 2.99. The lowest BCUT2D eigenvalue weighted by molar-refractivity contribution is 0.181. The summed E-state index contributed by atoms with van der Waals surface area (Å²) >= 11 is 0.